The Labute approximate surface area is 501 Å². The third-order valence-corrected chi connectivity index (χ3v) is 25.8. The van der Waals surface area contributed by atoms with Crippen LogP contribution < -0.4 is 15.8 Å². The molecule has 464 valence electrons. The second kappa shape index (κ2) is 18.4. The van der Waals surface area contributed by atoms with Gasteiger partial charge in [0.1, 0.15) is 28.9 Å². The molecular formula is C61H69N5O19S2. The number of ether oxygens (including phenoxy) is 6. The third-order valence-electron chi connectivity index (χ3n) is 23.8. The normalized spacial score (nSPS) is 41.2. The van der Waals surface area contributed by atoms with Gasteiger partial charge in [0.2, 0.25) is 5.79 Å². The van der Waals surface area contributed by atoms with Crippen molar-refractivity contribution in [1.29, 1.82) is 0 Å². The first kappa shape index (κ1) is 58.3. The second-order valence-corrected chi connectivity index (χ2v) is 30.0. The van der Waals surface area contributed by atoms with Crippen LogP contribution in [0.25, 0.3) is 0 Å². The number of anilines is 1. The zero-order chi connectivity index (χ0) is 62.3. The summed E-state index contributed by atoms with van der Waals surface area (Å²) in [6.07, 6.45) is 0.108. The number of Topliss-reactive ketones (excluding diaryl/α,β-unsaturated/α-hetero) is 1. The molecule has 87 heavy (non-hydrogen) atoms. The van der Waals surface area contributed by atoms with Crippen LogP contribution in [0.15, 0.2) is 58.5 Å². The van der Waals surface area contributed by atoms with Gasteiger partial charge in [0, 0.05) is 58.9 Å². The van der Waals surface area contributed by atoms with Crippen molar-refractivity contribution in [2.45, 2.75) is 158 Å². The van der Waals surface area contributed by atoms with Gasteiger partial charge < -0.3 is 49.7 Å². The molecule has 4 aromatic rings. The molecule has 1 unspecified atom stereocenters. The number of aromatic nitrogens is 3. The Morgan fingerprint density at radius 3 is 2.22 bits per heavy atom. The van der Waals surface area contributed by atoms with E-state index in [1.165, 1.54) is 50.2 Å². The number of hydrogen-bond acceptors (Lipinski definition) is 20. The average molecular weight is 1240 g/mol. The number of ketones is 1. The Balaban J connectivity index is 0.683. The van der Waals surface area contributed by atoms with Gasteiger partial charge >= 0.3 is 17.9 Å². The highest BCUT2D eigenvalue weighted by atomic mass is 32.2. The van der Waals surface area contributed by atoms with E-state index in [4.69, 9.17) is 34.2 Å². The van der Waals surface area contributed by atoms with Gasteiger partial charge in [-0.05, 0) is 116 Å². The summed E-state index contributed by atoms with van der Waals surface area (Å²) in [4.78, 5) is 69.2. The van der Waals surface area contributed by atoms with Crippen molar-refractivity contribution in [3.05, 3.63) is 87.7 Å². The number of fused-ring (bicyclic) bond motifs is 15. The van der Waals surface area contributed by atoms with E-state index >= 15 is 0 Å². The Kier molecular flexibility index (Phi) is 12.3. The van der Waals surface area contributed by atoms with E-state index in [0.29, 0.717) is 31.5 Å². The Bertz CT molecular complexity index is 3910. The number of aryl methyl sites for hydroxylation is 2. The van der Waals surface area contributed by atoms with Gasteiger partial charge in [0.15, 0.2) is 33.4 Å². The largest absolute Gasteiger partial charge is 0.462 e. The number of benzene rings is 3. The van der Waals surface area contributed by atoms with Crippen molar-refractivity contribution in [1.82, 2.24) is 20.3 Å². The summed E-state index contributed by atoms with van der Waals surface area (Å²) in [7, 11) is -10.3. The smallest absolute Gasteiger partial charge is 0.341 e. The molecule has 7 N–H and O–H groups in total. The number of aliphatic hydroxyl groups is 2. The van der Waals surface area contributed by atoms with Crippen LogP contribution in [0.1, 0.15) is 130 Å². The quantitative estimate of drug-likeness (QED) is 0.0285. The van der Waals surface area contributed by atoms with Gasteiger partial charge in [0.05, 0.1) is 41.6 Å². The van der Waals surface area contributed by atoms with E-state index in [2.05, 4.69) is 57.2 Å². The van der Waals surface area contributed by atoms with Crippen LogP contribution in [0.3, 0.4) is 0 Å². The molecule has 26 heteroatoms. The van der Waals surface area contributed by atoms with Crippen molar-refractivity contribution in [2.75, 3.05) is 5.73 Å². The Hall–Kier alpha value is -6.39. The molecule has 21 atom stereocenters. The molecule has 14 rings (SSSR count). The lowest BCUT2D eigenvalue weighted by Crippen LogP contribution is -2.69. The fraction of sp³-hybridized carbons (Fsp3) is 0.590. The van der Waals surface area contributed by atoms with Crippen molar-refractivity contribution >= 4 is 55.5 Å². The number of nitrogens with zero attached hydrogens (tertiary/aromatic N) is 3. The van der Waals surface area contributed by atoms with Crippen LogP contribution in [0.5, 0.6) is 11.5 Å². The minimum atomic E-state index is -5.18. The van der Waals surface area contributed by atoms with Crippen LogP contribution in [-0.2, 0) is 77.0 Å². The van der Waals surface area contributed by atoms with Gasteiger partial charge in [-0.1, -0.05) is 65.0 Å². The summed E-state index contributed by atoms with van der Waals surface area (Å²) in [5.74, 6) is -8.79. The highest BCUT2D eigenvalue weighted by Crippen LogP contribution is 2.82. The Morgan fingerprint density at radius 1 is 0.839 bits per heavy atom. The standard InChI is InChI=1S/C61H69N5O19S2/c1-24-13-15-33-47(50(24)86(74,75)76)82-48-34(17-18-36(62)51(48)87(77,78)79)60(33)32-16-14-29(20-31(32)54(71)84-60)53(70)63-22-30-23-66(65-64-30)19-11-10-12-38(67)81-49-42-39-40(56(6)28(5)46-37(80-46)21-35(56)44(68)45(39)69)25(2)27(4)57(42,7)41-26(3)52-61(83-52)58(8,43(41)49)59(9,73)55(72)85-61/h13-18,20,23,25-28,35,37,39-43,45-46,49,52,69,73H,10-12,19,21-22,62H2,1-9H3,(H,63,70)(H,74,75,76)(H,77,78,79)/t25-,26+,27+,28+,35-,37+,39-,40+,41+,42-,43+,45-,46-,49-,52-,56+,57-,58+,59-,60?,61+/m1/s1. The summed E-state index contributed by atoms with van der Waals surface area (Å²) >= 11 is 0. The highest BCUT2D eigenvalue weighted by Gasteiger charge is 2.93. The first-order valence-corrected chi connectivity index (χ1v) is 32.6. The van der Waals surface area contributed by atoms with Crippen LogP contribution in [0.4, 0.5) is 5.69 Å². The third kappa shape index (κ3) is 7.40. The molecule has 5 saturated carbocycles. The number of hydrogen-bond donors (Lipinski definition) is 6. The van der Waals surface area contributed by atoms with Crippen LogP contribution >= 0.6 is 0 Å². The lowest BCUT2D eigenvalue weighted by Gasteiger charge is -2.66. The fourth-order valence-corrected chi connectivity index (χ4v) is 21.0. The monoisotopic (exact) mass is 1240 g/mol. The molecule has 5 aliphatic carbocycles. The molecule has 3 saturated heterocycles. The fourth-order valence-electron chi connectivity index (χ4n) is 19.4. The van der Waals surface area contributed by atoms with Crippen LogP contribution in [-0.4, -0.2) is 123 Å². The molecule has 24 nitrogen and oxygen atoms in total. The van der Waals surface area contributed by atoms with Gasteiger partial charge in [-0.15, -0.1) is 5.10 Å². The molecule has 3 aromatic carbocycles. The van der Waals surface area contributed by atoms with Gasteiger partial charge in [-0.25, -0.2) is 9.59 Å². The maximum Gasteiger partial charge on any atom is 0.341 e. The van der Waals surface area contributed by atoms with Gasteiger partial charge in [0.25, 0.3) is 26.1 Å². The van der Waals surface area contributed by atoms with Gasteiger partial charge in [-0.3, -0.25) is 28.2 Å². The van der Waals surface area contributed by atoms with E-state index in [1.54, 1.807) is 10.9 Å². The second-order valence-electron chi connectivity index (χ2n) is 27.3. The number of aliphatic hydroxyl groups excluding tert-OH is 1. The van der Waals surface area contributed by atoms with E-state index in [-0.39, 0.29) is 99.8 Å². The van der Waals surface area contributed by atoms with Crippen LogP contribution in [0, 0.1) is 82.3 Å². The SMILES string of the molecule is Cc1ccc2c(c1S(=O)(=O)O)Oc1c(ccc(N)c1S(=O)(=O)O)C21OC(=O)c2cc(C(=O)NCc3cn(CCCCC(=O)O[C@@H]4[C@H]5[C@H]6[C@H]([C@H](C)[C@H](C)[C@]5(C)[C@H]5[C@H](C)[C@H]7O[C@]78OC(=O)[C@@](C)(O)[C@]8(C)[C@H]45)[C@]4(C)[C@H](C[C@@H]5O[C@@H]5[C@@H]4C)C(=O)[C@@H]6O)nn3)ccc21. The first-order valence-electron chi connectivity index (χ1n) is 29.7. The number of carbonyl (C=O) groups excluding carboxylic acids is 5. The highest BCUT2D eigenvalue weighted by molar-refractivity contribution is 7.86. The maximum absolute atomic E-state index is 14.8. The number of carbonyl (C=O) groups is 5. The predicted molar refractivity (Wildman–Crippen MR) is 299 cm³/mol. The van der Waals surface area contributed by atoms with Crippen molar-refractivity contribution < 1.29 is 88.5 Å². The number of unbranched alkanes of at least 4 members (excludes halogenated alkanes) is 1. The average Bonchev–Trinajstić information content (AvgIpc) is 1.46. The van der Waals surface area contributed by atoms with E-state index < -0.39 is 146 Å². The maximum atomic E-state index is 14.8. The first-order chi connectivity index (χ1) is 40.7. The number of nitrogens with two attached hydrogens (primary N) is 1. The molecule has 8 fully saturated rings. The number of rotatable bonds is 11. The summed E-state index contributed by atoms with van der Waals surface area (Å²) in [6.45, 7) is 17.9. The lowest BCUT2D eigenvalue weighted by atomic mass is 9.37. The lowest BCUT2D eigenvalue weighted by molar-refractivity contribution is -0.222. The summed E-state index contributed by atoms with van der Waals surface area (Å²) in [5.41, 5.74) is -1.32. The summed E-state index contributed by atoms with van der Waals surface area (Å²) in [6, 6.07) is 9.11. The molecule has 1 aromatic heterocycles. The molecule has 2 spiro atoms. The number of nitrogen functional groups attached to an aromatic ring is 1. The number of amides is 1. The van der Waals surface area contributed by atoms with E-state index in [9.17, 15) is 60.1 Å². The number of nitrogens with one attached hydrogen (secondary N) is 1. The Morgan fingerprint density at radius 2 is 1.52 bits per heavy atom. The predicted octanol–water partition coefficient (Wildman–Crippen LogP) is 5.06. The minimum Gasteiger partial charge on any atom is -0.462 e. The topological polar surface area (TPSA) is 365 Å². The van der Waals surface area contributed by atoms with Crippen LogP contribution in [0.2, 0.25) is 0 Å². The zero-order valence-corrected chi connectivity index (χ0v) is 50.8. The number of epoxide rings is 2. The molecule has 6 heterocycles. The van der Waals surface area contributed by atoms with E-state index in [0.717, 1.165) is 6.07 Å². The molecule has 0 radical (unpaired) electrons. The molecule has 1 amide bonds. The van der Waals surface area contributed by atoms with Crippen molar-refractivity contribution in [3.8, 4) is 11.5 Å². The molecule has 10 aliphatic rings. The zero-order valence-electron chi connectivity index (χ0n) is 49.2. The molecular weight excluding hydrogens is 1170 g/mol. The van der Waals surface area contributed by atoms with Crippen molar-refractivity contribution in [2.24, 2.45) is 75.4 Å². The minimum absolute atomic E-state index is 0.0123. The summed E-state index contributed by atoms with van der Waals surface area (Å²) < 4.78 is 111. The molecule has 0 bridgehead atoms. The van der Waals surface area contributed by atoms with E-state index in [1.807, 2.05) is 6.92 Å². The summed E-state index contributed by atoms with van der Waals surface area (Å²) in [5, 5.41) is 36.2. The van der Waals surface area contributed by atoms with Crippen molar-refractivity contribution in [3.63, 3.8) is 0 Å². The van der Waals surface area contributed by atoms with Gasteiger partial charge in [-0.2, -0.15) is 16.8 Å². The molecule has 5 aliphatic heterocycles. The number of esters is 3.